The molecule has 0 bridgehead atoms. The number of ketones is 1. The number of nitrogens with one attached hydrogen (secondary N) is 1. The van der Waals surface area contributed by atoms with Crippen molar-refractivity contribution in [2.45, 2.75) is 65.5 Å². The Hall–Kier alpha value is -1.06. The van der Waals surface area contributed by atoms with Gasteiger partial charge in [-0.05, 0) is 34.1 Å². The highest BCUT2D eigenvalue weighted by molar-refractivity contribution is 5.84. The standard InChI is InChI=1S/C12H23NO3/c1-6-7-8-10(14)9(2)16-11(15)13-12(3,4)5/h9H,6-8H2,1-5H3,(H,13,15). The summed E-state index contributed by atoms with van der Waals surface area (Å²) in [4.78, 5) is 22.9. The van der Waals surface area contributed by atoms with E-state index in [2.05, 4.69) is 5.32 Å². The number of alkyl carbamates (subject to hydrolysis) is 1. The van der Waals surface area contributed by atoms with E-state index in [1.807, 2.05) is 27.7 Å². The van der Waals surface area contributed by atoms with E-state index in [0.717, 1.165) is 12.8 Å². The van der Waals surface area contributed by atoms with Crippen LogP contribution in [0.15, 0.2) is 0 Å². The van der Waals surface area contributed by atoms with E-state index in [1.54, 1.807) is 6.92 Å². The largest absolute Gasteiger partial charge is 0.439 e. The molecule has 0 aliphatic rings. The minimum absolute atomic E-state index is 0.0223. The van der Waals surface area contributed by atoms with Crippen molar-refractivity contribution in [1.82, 2.24) is 5.32 Å². The molecule has 0 radical (unpaired) electrons. The summed E-state index contributed by atoms with van der Waals surface area (Å²) in [5.41, 5.74) is -0.344. The number of unbranched alkanes of at least 4 members (excludes halogenated alkanes) is 1. The number of ether oxygens (including phenoxy) is 1. The van der Waals surface area contributed by atoms with E-state index in [9.17, 15) is 9.59 Å². The SMILES string of the molecule is CCCCC(=O)C(C)OC(=O)NC(C)(C)C. The van der Waals surface area contributed by atoms with Crippen molar-refractivity contribution in [3.63, 3.8) is 0 Å². The molecule has 4 nitrogen and oxygen atoms in total. The van der Waals surface area contributed by atoms with Crippen LogP contribution in [0.2, 0.25) is 0 Å². The maximum absolute atomic E-state index is 11.5. The Morgan fingerprint density at radius 3 is 2.31 bits per heavy atom. The van der Waals surface area contributed by atoms with Crippen molar-refractivity contribution < 1.29 is 14.3 Å². The summed E-state index contributed by atoms with van der Waals surface area (Å²) in [5, 5.41) is 2.65. The van der Waals surface area contributed by atoms with Crippen molar-refractivity contribution in [1.29, 1.82) is 0 Å². The van der Waals surface area contributed by atoms with Gasteiger partial charge >= 0.3 is 6.09 Å². The quantitative estimate of drug-likeness (QED) is 0.788. The molecule has 0 rings (SSSR count). The molecule has 0 aromatic rings. The van der Waals surface area contributed by atoms with Crippen LogP contribution in [0.1, 0.15) is 53.9 Å². The summed E-state index contributed by atoms with van der Waals surface area (Å²) < 4.78 is 4.99. The Morgan fingerprint density at radius 1 is 1.31 bits per heavy atom. The lowest BCUT2D eigenvalue weighted by Gasteiger charge is -2.21. The van der Waals surface area contributed by atoms with Gasteiger partial charge in [0.05, 0.1) is 0 Å². The zero-order valence-corrected chi connectivity index (χ0v) is 10.9. The lowest BCUT2D eigenvalue weighted by atomic mass is 10.1. The summed E-state index contributed by atoms with van der Waals surface area (Å²) in [6.07, 6.45) is 1.08. The Kier molecular flexibility index (Phi) is 6.08. The van der Waals surface area contributed by atoms with Crippen LogP contribution >= 0.6 is 0 Å². The molecule has 1 N–H and O–H groups in total. The predicted molar refractivity (Wildman–Crippen MR) is 63.4 cm³/mol. The number of rotatable bonds is 5. The molecule has 0 fully saturated rings. The molecule has 0 aromatic carbocycles. The monoisotopic (exact) mass is 229 g/mol. The highest BCUT2D eigenvalue weighted by Gasteiger charge is 2.20. The molecule has 1 unspecified atom stereocenters. The Labute approximate surface area is 97.7 Å². The third-order valence-corrected chi connectivity index (χ3v) is 1.99. The molecule has 0 aliphatic carbocycles. The van der Waals surface area contributed by atoms with Gasteiger partial charge in [0.15, 0.2) is 11.9 Å². The van der Waals surface area contributed by atoms with E-state index < -0.39 is 12.2 Å². The first kappa shape index (κ1) is 14.9. The molecule has 16 heavy (non-hydrogen) atoms. The fourth-order valence-electron chi connectivity index (χ4n) is 1.12. The number of hydrogen-bond donors (Lipinski definition) is 1. The minimum Gasteiger partial charge on any atom is -0.439 e. The van der Waals surface area contributed by atoms with Crippen LogP contribution in [0.4, 0.5) is 4.79 Å². The van der Waals surface area contributed by atoms with E-state index in [1.165, 1.54) is 0 Å². The van der Waals surface area contributed by atoms with Crippen LogP contribution in [0.5, 0.6) is 0 Å². The first-order valence-electron chi connectivity index (χ1n) is 5.77. The highest BCUT2D eigenvalue weighted by atomic mass is 16.6. The van der Waals surface area contributed by atoms with Crippen molar-refractivity contribution in [3.05, 3.63) is 0 Å². The summed E-state index contributed by atoms with van der Waals surface area (Å²) in [6.45, 7) is 9.21. The molecule has 1 amide bonds. The maximum Gasteiger partial charge on any atom is 0.408 e. The molecule has 94 valence electrons. The molecule has 4 heteroatoms. The lowest BCUT2D eigenvalue weighted by Crippen LogP contribution is -2.42. The van der Waals surface area contributed by atoms with Gasteiger partial charge in [-0.3, -0.25) is 4.79 Å². The van der Waals surface area contributed by atoms with Crippen molar-refractivity contribution in [2.24, 2.45) is 0 Å². The number of carbonyl (C=O) groups excluding carboxylic acids is 2. The van der Waals surface area contributed by atoms with E-state index in [0.29, 0.717) is 6.42 Å². The zero-order valence-electron chi connectivity index (χ0n) is 10.9. The van der Waals surface area contributed by atoms with Gasteiger partial charge in [0.25, 0.3) is 0 Å². The molecule has 0 saturated carbocycles. The highest BCUT2D eigenvalue weighted by Crippen LogP contribution is 2.04. The fraction of sp³-hybridized carbons (Fsp3) is 0.833. The van der Waals surface area contributed by atoms with Gasteiger partial charge in [0.2, 0.25) is 0 Å². The van der Waals surface area contributed by atoms with Crippen LogP contribution in [-0.4, -0.2) is 23.5 Å². The van der Waals surface area contributed by atoms with Crippen LogP contribution in [0, 0.1) is 0 Å². The van der Waals surface area contributed by atoms with Gasteiger partial charge in [0.1, 0.15) is 0 Å². The smallest absolute Gasteiger partial charge is 0.408 e. The Bertz CT molecular complexity index is 243. The second kappa shape index (κ2) is 6.51. The van der Waals surface area contributed by atoms with E-state index in [-0.39, 0.29) is 11.3 Å². The first-order chi connectivity index (χ1) is 7.26. The number of carbonyl (C=O) groups is 2. The van der Waals surface area contributed by atoms with Gasteiger partial charge in [-0.2, -0.15) is 0 Å². The average molecular weight is 229 g/mol. The van der Waals surface area contributed by atoms with Gasteiger partial charge in [-0.15, -0.1) is 0 Å². The minimum atomic E-state index is -0.658. The number of Topliss-reactive ketones (excluding diaryl/α,β-unsaturated/α-hetero) is 1. The van der Waals surface area contributed by atoms with Gasteiger partial charge < -0.3 is 10.1 Å². The molecule has 0 spiro atoms. The van der Waals surface area contributed by atoms with E-state index in [4.69, 9.17) is 4.74 Å². The van der Waals surface area contributed by atoms with Crippen molar-refractivity contribution in [2.75, 3.05) is 0 Å². The van der Waals surface area contributed by atoms with Gasteiger partial charge in [-0.1, -0.05) is 13.3 Å². The van der Waals surface area contributed by atoms with Gasteiger partial charge in [-0.25, -0.2) is 4.79 Å². The summed E-state index contributed by atoms with van der Waals surface area (Å²) in [6, 6.07) is 0. The van der Waals surface area contributed by atoms with Crippen molar-refractivity contribution in [3.8, 4) is 0 Å². The molecular weight excluding hydrogens is 206 g/mol. The van der Waals surface area contributed by atoms with E-state index >= 15 is 0 Å². The van der Waals surface area contributed by atoms with Crippen LogP contribution in [0.3, 0.4) is 0 Å². The second-order valence-electron chi connectivity index (χ2n) is 4.99. The van der Waals surface area contributed by atoms with Crippen LogP contribution in [0.25, 0.3) is 0 Å². The zero-order chi connectivity index (χ0) is 12.8. The molecule has 0 aromatic heterocycles. The topological polar surface area (TPSA) is 55.4 Å². The molecule has 0 saturated heterocycles. The van der Waals surface area contributed by atoms with Crippen LogP contribution in [-0.2, 0) is 9.53 Å². The fourth-order valence-corrected chi connectivity index (χ4v) is 1.12. The molecular formula is C12H23NO3. The Morgan fingerprint density at radius 2 is 1.88 bits per heavy atom. The third kappa shape index (κ3) is 7.26. The first-order valence-corrected chi connectivity index (χ1v) is 5.77. The molecule has 1 atom stereocenters. The second-order valence-corrected chi connectivity index (χ2v) is 4.99. The summed E-state index contributed by atoms with van der Waals surface area (Å²) >= 11 is 0. The Balaban J connectivity index is 3.99. The average Bonchev–Trinajstić information content (AvgIpc) is 2.10. The summed E-state index contributed by atoms with van der Waals surface area (Å²) in [7, 11) is 0. The number of hydrogen-bond acceptors (Lipinski definition) is 3. The van der Waals surface area contributed by atoms with Gasteiger partial charge in [0, 0.05) is 12.0 Å². The number of amides is 1. The van der Waals surface area contributed by atoms with Crippen molar-refractivity contribution >= 4 is 11.9 Å². The third-order valence-electron chi connectivity index (χ3n) is 1.99. The normalized spacial score (nSPS) is 13.1. The maximum atomic E-state index is 11.5. The predicted octanol–water partition coefficient (Wildman–Crippen LogP) is 2.66. The lowest BCUT2D eigenvalue weighted by molar-refractivity contribution is -0.126. The molecule has 0 heterocycles. The summed E-state index contributed by atoms with van der Waals surface area (Å²) in [5.74, 6) is -0.0223. The molecule has 0 aliphatic heterocycles. The van der Waals surface area contributed by atoms with Crippen LogP contribution < -0.4 is 5.32 Å².